The third-order valence-electron chi connectivity index (χ3n) is 7.85. The zero-order chi connectivity index (χ0) is 23.2. The Morgan fingerprint density at radius 1 is 0.969 bits per heavy atom. The van der Waals surface area contributed by atoms with E-state index in [9.17, 15) is 4.79 Å². The molecule has 0 spiro atoms. The van der Waals surface area contributed by atoms with Crippen molar-refractivity contribution in [3.63, 3.8) is 0 Å². The number of rotatable bonds is 10. The molecule has 4 heteroatoms. The van der Waals surface area contributed by atoms with Gasteiger partial charge in [0, 0.05) is 12.1 Å². The van der Waals surface area contributed by atoms with Crippen molar-refractivity contribution in [3.8, 4) is 0 Å². The lowest BCUT2D eigenvalue weighted by Gasteiger charge is -2.36. The first kappa shape index (κ1) is 26.9. The normalized spacial score (nSPS) is 21.5. The predicted octanol–water partition coefficient (Wildman–Crippen LogP) is 7.39. The number of amides is 1. The molecule has 2 aliphatic carbocycles. The van der Waals surface area contributed by atoms with E-state index in [-0.39, 0.29) is 0 Å². The molecule has 0 aromatic rings. The highest BCUT2D eigenvalue weighted by molar-refractivity contribution is 5.99. The highest BCUT2D eigenvalue weighted by atomic mass is 16.1. The van der Waals surface area contributed by atoms with Crippen LogP contribution in [0.25, 0.3) is 0 Å². The molecule has 2 fully saturated rings. The Balaban J connectivity index is 0.000000258. The molecule has 1 unspecified atom stereocenters. The minimum Gasteiger partial charge on any atom is -0.356 e. The van der Waals surface area contributed by atoms with E-state index in [0.717, 1.165) is 25.3 Å². The van der Waals surface area contributed by atoms with Crippen LogP contribution in [0, 0.1) is 5.92 Å². The third-order valence-corrected chi connectivity index (χ3v) is 7.85. The van der Waals surface area contributed by atoms with Crippen molar-refractivity contribution in [2.45, 2.75) is 143 Å². The summed E-state index contributed by atoms with van der Waals surface area (Å²) in [4.78, 5) is 10.3. The Kier molecular flexibility index (Phi) is 13.0. The Hall–Kier alpha value is -1.32. The summed E-state index contributed by atoms with van der Waals surface area (Å²) in [5.74, 6) is 0.744. The van der Waals surface area contributed by atoms with Gasteiger partial charge in [-0.05, 0) is 75.9 Å². The lowest BCUT2D eigenvalue weighted by Crippen LogP contribution is -2.37. The second kappa shape index (κ2) is 15.5. The number of unbranched alkanes of at least 4 members (excludes halogenated alkanes) is 3. The van der Waals surface area contributed by atoms with Gasteiger partial charge in [-0.2, -0.15) is 5.10 Å². The molecule has 0 bridgehead atoms. The number of hydrogen-bond donors (Lipinski definition) is 1. The van der Waals surface area contributed by atoms with E-state index in [0.29, 0.717) is 12.1 Å². The van der Waals surface area contributed by atoms with Gasteiger partial charge in [0.2, 0.25) is 6.41 Å². The van der Waals surface area contributed by atoms with Crippen molar-refractivity contribution in [1.29, 1.82) is 0 Å². The van der Waals surface area contributed by atoms with Gasteiger partial charge in [0.1, 0.15) is 0 Å². The fraction of sp³-hybridized carbons (Fsp3) is 0.857. The van der Waals surface area contributed by atoms with E-state index in [4.69, 9.17) is 5.10 Å². The third kappa shape index (κ3) is 8.90. The first-order valence-corrected chi connectivity index (χ1v) is 13.8. The molecule has 1 heterocycles. The van der Waals surface area contributed by atoms with E-state index < -0.39 is 0 Å². The minimum atomic E-state index is 0.433. The van der Waals surface area contributed by atoms with Gasteiger partial charge in [0.15, 0.2) is 0 Å². The van der Waals surface area contributed by atoms with E-state index >= 15 is 0 Å². The van der Waals surface area contributed by atoms with E-state index in [1.54, 1.807) is 11.1 Å². The first-order chi connectivity index (χ1) is 15.6. The number of hydrogen-bond acceptors (Lipinski definition) is 3. The van der Waals surface area contributed by atoms with Gasteiger partial charge >= 0.3 is 0 Å². The molecule has 0 aromatic carbocycles. The average Bonchev–Trinajstić information content (AvgIpc) is 2.83. The van der Waals surface area contributed by atoms with E-state index in [2.05, 4.69) is 38.0 Å². The maximum Gasteiger partial charge on any atom is 0.207 e. The molecule has 1 atom stereocenters. The second-order valence-electron chi connectivity index (χ2n) is 10.3. The monoisotopic (exact) mass is 445 g/mol. The summed E-state index contributed by atoms with van der Waals surface area (Å²) in [5.41, 5.74) is 4.41. The zero-order valence-corrected chi connectivity index (χ0v) is 21.6. The standard InChI is InChI=1S/C18H32N2.C10H19NO/c1-4-5-6-10-13-18-15(2)14-20(19-16(18)3)17-11-8-7-9-12-17;1-2-10(11-8-12)9-6-4-3-5-7-9/h17H,4-14H2,1-3H3;8-10H,2-7H2,1H3,(H,11,12). The van der Waals surface area contributed by atoms with Crippen LogP contribution in [0.2, 0.25) is 0 Å². The van der Waals surface area contributed by atoms with Crippen LogP contribution in [-0.4, -0.2) is 35.8 Å². The molecule has 0 radical (unpaired) electrons. The quantitative estimate of drug-likeness (QED) is 0.281. The summed E-state index contributed by atoms with van der Waals surface area (Å²) < 4.78 is 0. The number of carbonyl (C=O) groups excluding carboxylic acids is 1. The Morgan fingerprint density at radius 2 is 1.62 bits per heavy atom. The summed E-state index contributed by atoms with van der Waals surface area (Å²) in [6.45, 7) is 10.0. The largest absolute Gasteiger partial charge is 0.356 e. The summed E-state index contributed by atoms with van der Waals surface area (Å²) >= 11 is 0. The minimum absolute atomic E-state index is 0.433. The molecule has 1 aliphatic heterocycles. The van der Waals surface area contributed by atoms with Crippen molar-refractivity contribution >= 4 is 12.1 Å². The zero-order valence-electron chi connectivity index (χ0n) is 21.6. The molecule has 1 amide bonds. The number of nitrogens with zero attached hydrogens (tertiary/aromatic N) is 2. The van der Waals surface area contributed by atoms with Crippen molar-refractivity contribution in [3.05, 3.63) is 11.1 Å². The molecule has 184 valence electrons. The molecule has 1 N–H and O–H groups in total. The van der Waals surface area contributed by atoms with Crippen LogP contribution in [0.4, 0.5) is 0 Å². The summed E-state index contributed by atoms with van der Waals surface area (Å²) in [7, 11) is 0. The van der Waals surface area contributed by atoms with Crippen LogP contribution in [-0.2, 0) is 4.79 Å². The van der Waals surface area contributed by atoms with Crippen molar-refractivity contribution in [2.75, 3.05) is 6.54 Å². The lowest BCUT2D eigenvalue weighted by atomic mass is 9.83. The van der Waals surface area contributed by atoms with Gasteiger partial charge in [-0.1, -0.05) is 71.6 Å². The fourth-order valence-corrected chi connectivity index (χ4v) is 5.86. The van der Waals surface area contributed by atoms with Crippen molar-refractivity contribution < 1.29 is 4.79 Å². The molecular weight excluding hydrogens is 394 g/mol. The highest BCUT2D eigenvalue weighted by Crippen LogP contribution is 2.29. The lowest BCUT2D eigenvalue weighted by molar-refractivity contribution is -0.110. The highest BCUT2D eigenvalue weighted by Gasteiger charge is 2.24. The molecule has 3 aliphatic rings. The summed E-state index contributed by atoms with van der Waals surface area (Å²) in [6.07, 6.45) is 22.1. The molecule has 3 rings (SSSR count). The van der Waals surface area contributed by atoms with Crippen LogP contribution in [0.15, 0.2) is 16.2 Å². The summed E-state index contributed by atoms with van der Waals surface area (Å²) in [5, 5.41) is 10.2. The second-order valence-corrected chi connectivity index (χ2v) is 10.3. The number of nitrogens with one attached hydrogen (secondary N) is 1. The van der Waals surface area contributed by atoms with E-state index in [1.165, 1.54) is 102 Å². The van der Waals surface area contributed by atoms with Gasteiger partial charge in [0.25, 0.3) is 0 Å². The average molecular weight is 446 g/mol. The Morgan fingerprint density at radius 3 is 2.19 bits per heavy atom. The van der Waals surface area contributed by atoms with Gasteiger partial charge in [-0.3, -0.25) is 9.80 Å². The predicted molar refractivity (Wildman–Crippen MR) is 138 cm³/mol. The Labute approximate surface area is 198 Å². The van der Waals surface area contributed by atoms with Crippen LogP contribution in [0.5, 0.6) is 0 Å². The van der Waals surface area contributed by atoms with Crippen LogP contribution >= 0.6 is 0 Å². The van der Waals surface area contributed by atoms with Crippen molar-refractivity contribution in [1.82, 2.24) is 10.3 Å². The van der Waals surface area contributed by atoms with Crippen molar-refractivity contribution in [2.24, 2.45) is 11.0 Å². The number of allylic oxidation sites excluding steroid dienone is 1. The molecule has 4 nitrogen and oxygen atoms in total. The molecule has 0 aromatic heterocycles. The van der Waals surface area contributed by atoms with E-state index in [1.807, 2.05) is 0 Å². The molecular formula is C28H51N3O. The first-order valence-electron chi connectivity index (χ1n) is 13.8. The van der Waals surface area contributed by atoms with Crippen LogP contribution in [0.3, 0.4) is 0 Å². The van der Waals surface area contributed by atoms with Gasteiger partial charge < -0.3 is 5.32 Å². The molecule has 32 heavy (non-hydrogen) atoms. The number of carbonyl (C=O) groups is 1. The number of hydrazone groups is 1. The fourth-order valence-electron chi connectivity index (χ4n) is 5.86. The van der Waals surface area contributed by atoms with Crippen LogP contribution in [0.1, 0.15) is 130 Å². The van der Waals surface area contributed by atoms with Gasteiger partial charge in [-0.25, -0.2) is 0 Å². The van der Waals surface area contributed by atoms with Gasteiger partial charge in [0.05, 0.1) is 12.3 Å². The van der Waals surface area contributed by atoms with Crippen LogP contribution < -0.4 is 5.32 Å². The molecule has 2 saturated carbocycles. The Bertz CT molecular complexity index is 585. The maximum absolute atomic E-state index is 10.3. The smallest absolute Gasteiger partial charge is 0.207 e. The summed E-state index contributed by atoms with van der Waals surface area (Å²) in [6, 6.07) is 1.14. The maximum atomic E-state index is 10.3. The topological polar surface area (TPSA) is 44.7 Å². The van der Waals surface area contributed by atoms with Gasteiger partial charge in [-0.15, -0.1) is 0 Å². The molecule has 0 saturated heterocycles. The SMILES string of the molecule is CCC(NC=O)C1CCCCC1.CCCCCCC1=C(C)CN(C2CCCCC2)N=C1C.